The molecular weight excluding hydrogens is 591 g/mol. The van der Waals surface area contributed by atoms with Gasteiger partial charge in [-0.15, -0.1) is 0 Å². The number of fused-ring (bicyclic) bond motifs is 1. The van der Waals surface area contributed by atoms with Gasteiger partial charge in [-0.25, -0.2) is 14.0 Å². The number of ether oxygens (including phenoxy) is 2. The number of benzene rings is 3. The number of halogens is 1. The van der Waals surface area contributed by atoms with Crippen molar-refractivity contribution in [1.82, 2.24) is 4.90 Å². The van der Waals surface area contributed by atoms with Crippen LogP contribution in [0.25, 0.3) is 10.8 Å². The number of amides is 1. The Morgan fingerprint density at radius 3 is 2.15 bits per heavy atom. The standard InChI is InChI=1S/C36H45FN2O7/c1-25(23-40)36(38(7)33(42)45-34(2,3)4,32(41)46-44-24-26-13-9-8-10-14-26)31(35(5,6)37)29-17-18-30(39-19-21-43-22-20-39)28-16-12-11-15-27(28)29/h8-18,23,25,31H,19-22,24H2,1-7H3/t25?,31?,36-/m0/s1. The number of rotatable bonds is 11. The SMILES string of the molecule is CC(C=O)[C@@](C(=O)OOCc1ccccc1)(C(c1ccc(N2CCOCC2)c2ccccc12)C(C)(C)F)N(C)C(=O)OC(C)(C)C. The molecule has 1 saturated heterocycles. The zero-order valence-corrected chi connectivity index (χ0v) is 27.7. The van der Waals surface area contributed by atoms with Crippen molar-refractivity contribution in [3.05, 3.63) is 77.9 Å². The Morgan fingerprint density at radius 1 is 0.957 bits per heavy atom. The van der Waals surface area contributed by atoms with Crippen LogP contribution in [0.1, 0.15) is 58.6 Å². The van der Waals surface area contributed by atoms with Gasteiger partial charge in [0, 0.05) is 37.1 Å². The van der Waals surface area contributed by atoms with Gasteiger partial charge in [0.1, 0.15) is 24.2 Å². The van der Waals surface area contributed by atoms with Crippen LogP contribution in [0.2, 0.25) is 0 Å². The fourth-order valence-corrected chi connectivity index (χ4v) is 6.35. The van der Waals surface area contributed by atoms with Crippen LogP contribution in [0.15, 0.2) is 66.7 Å². The van der Waals surface area contributed by atoms with Crippen molar-refractivity contribution in [2.75, 3.05) is 38.3 Å². The molecule has 3 atom stereocenters. The number of carbonyl (C=O) groups is 3. The Bertz CT molecular complexity index is 1510. The van der Waals surface area contributed by atoms with Crippen molar-refractivity contribution in [3.63, 3.8) is 0 Å². The molecule has 10 heteroatoms. The van der Waals surface area contributed by atoms with Crippen molar-refractivity contribution in [1.29, 1.82) is 0 Å². The summed E-state index contributed by atoms with van der Waals surface area (Å²) in [7, 11) is 1.33. The highest BCUT2D eigenvalue weighted by atomic mass is 19.1. The molecular formula is C36H45FN2O7. The molecule has 9 nitrogen and oxygen atoms in total. The third-order valence-corrected chi connectivity index (χ3v) is 8.37. The second-order valence-corrected chi connectivity index (χ2v) is 13.2. The molecule has 2 unspecified atom stereocenters. The molecule has 1 heterocycles. The minimum absolute atomic E-state index is 0.102. The highest BCUT2D eigenvalue weighted by molar-refractivity contribution is 5.99. The summed E-state index contributed by atoms with van der Waals surface area (Å²) in [5, 5.41) is 1.50. The van der Waals surface area contributed by atoms with Crippen LogP contribution in [0.3, 0.4) is 0 Å². The van der Waals surface area contributed by atoms with Gasteiger partial charge in [-0.3, -0.25) is 9.79 Å². The van der Waals surface area contributed by atoms with Gasteiger partial charge in [0.15, 0.2) is 5.54 Å². The molecule has 1 amide bonds. The fraction of sp³-hybridized carbons (Fsp3) is 0.472. The second-order valence-electron chi connectivity index (χ2n) is 13.2. The molecule has 4 rings (SSSR count). The molecule has 46 heavy (non-hydrogen) atoms. The fourth-order valence-electron chi connectivity index (χ4n) is 6.35. The van der Waals surface area contributed by atoms with Gasteiger partial charge in [-0.1, -0.05) is 67.6 Å². The van der Waals surface area contributed by atoms with E-state index in [0.29, 0.717) is 43.5 Å². The van der Waals surface area contributed by atoms with E-state index in [-0.39, 0.29) is 6.61 Å². The van der Waals surface area contributed by atoms with E-state index in [1.807, 2.05) is 48.5 Å². The summed E-state index contributed by atoms with van der Waals surface area (Å²) in [5.41, 5.74) is -3.32. The predicted molar refractivity (Wildman–Crippen MR) is 174 cm³/mol. The maximum Gasteiger partial charge on any atom is 0.411 e. The number of nitrogens with zero attached hydrogens (tertiary/aromatic N) is 2. The van der Waals surface area contributed by atoms with Crippen molar-refractivity contribution in [2.45, 2.75) is 70.9 Å². The third kappa shape index (κ3) is 7.34. The van der Waals surface area contributed by atoms with Crippen LogP contribution < -0.4 is 4.90 Å². The summed E-state index contributed by atoms with van der Waals surface area (Å²) >= 11 is 0. The number of alkyl halides is 1. The number of anilines is 1. The average Bonchev–Trinajstić information content (AvgIpc) is 3.02. The van der Waals surface area contributed by atoms with Crippen LogP contribution >= 0.6 is 0 Å². The van der Waals surface area contributed by atoms with Crippen molar-refractivity contribution in [2.24, 2.45) is 5.92 Å². The first-order chi connectivity index (χ1) is 21.7. The largest absolute Gasteiger partial charge is 0.444 e. The van der Waals surface area contributed by atoms with Crippen molar-refractivity contribution in [3.8, 4) is 0 Å². The smallest absolute Gasteiger partial charge is 0.411 e. The molecule has 1 aliphatic rings. The normalized spacial score (nSPS) is 16.7. The maximum absolute atomic E-state index is 17.1. The maximum atomic E-state index is 17.1. The van der Waals surface area contributed by atoms with Gasteiger partial charge in [-0.05, 0) is 57.2 Å². The minimum Gasteiger partial charge on any atom is -0.444 e. The first kappa shape index (κ1) is 34.8. The van der Waals surface area contributed by atoms with E-state index in [4.69, 9.17) is 19.2 Å². The first-order valence-electron chi connectivity index (χ1n) is 15.5. The number of aldehydes is 1. The number of carbonyl (C=O) groups excluding carboxylic acids is 3. The van der Waals surface area contributed by atoms with E-state index < -0.39 is 40.7 Å². The highest BCUT2D eigenvalue weighted by Gasteiger charge is 2.62. The lowest BCUT2D eigenvalue weighted by Gasteiger charge is -2.49. The van der Waals surface area contributed by atoms with Gasteiger partial charge in [0.2, 0.25) is 0 Å². The third-order valence-electron chi connectivity index (χ3n) is 8.37. The Kier molecular flexibility index (Phi) is 10.7. The van der Waals surface area contributed by atoms with Gasteiger partial charge in [0.25, 0.3) is 0 Å². The van der Waals surface area contributed by atoms with Crippen LogP contribution in [0, 0.1) is 5.92 Å². The topological polar surface area (TPSA) is 94.6 Å². The molecule has 0 aromatic heterocycles. The van der Waals surface area contributed by atoms with Crippen LogP contribution in [0.5, 0.6) is 0 Å². The molecule has 0 spiro atoms. The lowest BCUT2D eigenvalue weighted by Crippen LogP contribution is -2.67. The molecule has 248 valence electrons. The number of morpholine rings is 1. The van der Waals surface area contributed by atoms with E-state index in [2.05, 4.69) is 4.90 Å². The molecule has 0 saturated carbocycles. The molecule has 0 radical (unpaired) electrons. The number of hydrogen-bond donors (Lipinski definition) is 0. The van der Waals surface area contributed by atoms with Gasteiger partial charge in [0.05, 0.1) is 19.1 Å². The lowest BCUT2D eigenvalue weighted by atomic mass is 9.64. The summed E-state index contributed by atoms with van der Waals surface area (Å²) in [6.45, 7) is 11.6. The number of hydrogen-bond acceptors (Lipinski definition) is 8. The molecule has 1 fully saturated rings. The van der Waals surface area contributed by atoms with E-state index in [1.165, 1.54) is 27.8 Å². The van der Waals surface area contributed by atoms with E-state index in [1.54, 1.807) is 39.0 Å². The summed E-state index contributed by atoms with van der Waals surface area (Å²) < 4.78 is 28.3. The summed E-state index contributed by atoms with van der Waals surface area (Å²) in [5.74, 6) is -3.79. The second kappa shape index (κ2) is 14.2. The van der Waals surface area contributed by atoms with Gasteiger partial charge < -0.3 is 19.2 Å². The van der Waals surface area contributed by atoms with E-state index in [0.717, 1.165) is 21.5 Å². The monoisotopic (exact) mass is 636 g/mol. The van der Waals surface area contributed by atoms with Crippen LogP contribution in [-0.4, -0.2) is 73.4 Å². The van der Waals surface area contributed by atoms with Crippen LogP contribution in [-0.2, 0) is 35.4 Å². The van der Waals surface area contributed by atoms with Crippen molar-refractivity contribution < 1.29 is 38.0 Å². The summed E-state index contributed by atoms with van der Waals surface area (Å²) in [4.78, 5) is 55.2. The van der Waals surface area contributed by atoms with E-state index in [9.17, 15) is 14.4 Å². The quantitative estimate of drug-likeness (QED) is 0.132. The molecule has 0 bridgehead atoms. The molecule has 3 aromatic carbocycles. The first-order valence-corrected chi connectivity index (χ1v) is 15.5. The summed E-state index contributed by atoms with van der Waals surface area (Å²) in [6.07, 6.45) is -0.396. The summed E-state index contributed by atoms with van der Waals surface area (Å²) in [6, 6.07) is 20.2. The zero-order valence-electron chi connectivity index (χ0n) is 27.7. The van der Waals surface area contributed by atoms with Gasteiger partial charge in [-0.2, -0.15) is 4.89 Å². The van der Waals surface area contributed by atoms with Gasteiger partial charge >= 0.3 is 12.1 Å². The van der Waals surface area contributed by atoms with Crippen molar-refractivity contribution >= 4 is 34.8 Å². The molecule has 0 aliphatic carbocycles. The molecule has 1 aliphatic heterocycles. The Balaban J connectivity index is 1.94. The Labute approximate surface area is 270 Å². The number of likely N-dealkylation sites (N-methyl/N-ethyl adjacent to an activating group) is 1. The highest BCUT2D eigenvalue weighted by Crippen LogP contribution is 2.50. The van der Waals surface area contributed by atoms with E-state index >= 15 is 4.39 Å². The predicted octanol–water partition coefficient (Wildman–Crippen LogP) is 6.62. The molecule has 3 aromatic rings. The lowest BCUT2D eigenvalue weighted by molar-refractivity contribution is -0.291. The Hall–Kier alpha value is -4.02. The zero-order chi connectivity index (χ0) is 33.7. The minimum atomic E-state index is -2.25. The average molecular weight is 637 g/mol. The molecule has 0 N–H and O–H groups in total. The Morgan fingerprint density at radius 2 is 1.57 bits per heavy atom. The van der Waals surface area contributed by atoms with Crippen LogP contribution in [0.4, 0.5) is 14.9 Å².